The third kappa shape index (κ3) is 4.37. The van der Waals surface area contributed by atoms with Crippen LogP contribution in [0.15, 0.2) is 33.3 Å². The highest BCUT2D eigenvalue weighted by atomic mass is 16.5. The predicted octanol–water partition coefficient (Wildman–Crippen LogP) is 2.93. The Morgan fingerprint density at radius 2 is 2.06 bits per heavy atom. The molecule has 34 heavy (non-hydrogen) atoms. The topological polar surface area (TPSA) is 127 Å². The Labute approximate surface area is 198 Å². The molecule has 3 heterocycles. The van der Waals surface area contributed by atoms with Gasteiger partial charge in [0.25, 0.3) is 0 Å². The molecule has 1 aromatic heterocycles. The Morgan fingerprint density at radius 1 is 1.29 bits per heavy atom. The number of amides is 3. The standard InChI is InChI=1S/C24H30BNO8/c1-4-14-10-17-21(23(29)26(22(17)28)24(30)32-3)18-11-25(31)34-19(20(14)18)8-5-13(2)9-15-6-7-16(12-27)33-15/h6-7,9,17-19,21,27,31H,4-5,8,10-12H2,1-3H3/b13-9+/t17-,18+,19-,21-/m1/s1. The number of nitrogens with zero attached hydrogens (tertiary/aromatic N) is 1. The lowest BCUT2D eigenvalue weighted by Crippen LogP contribution is -2.46. The van der Waals surface area contributed by atoms with Crippen molar-refractivity contribution in [2.24, 2.45) is 17.8 Å². The number of imide groups is 3. The highest BCUT2D eigenvalue weighted by molar-refractivity contribution is 6.43. The van der Waals surface area contributed by atoms with Gasteiger partial charge >= 0.3 is 13.2 Å². The van der Waals surface area contributed by atoms with Gasteiger partial charge in [0.2, 0.25) is 11.8 Å². The number of likely N-dealkylation sites (tertiary alicyclic amines) is 1. The Kier molecular flexibility index (Phi) is 7.11. The lowest BCUT2D eigenvalue weighted by Gasteiger charge is -2.43. The van der Waals surface area contributed by atoms with Crippen LogP contribution in [0, 0.1) is 17.8 Å². The molecule has 0 aromatic carbocycles. The molecule has 1 aliphatic carbocycles. The number of carbonyl (C=O) groups excluding carboxylic acids is 3. The molecule has 2 saturated heterocycles. The number of hydrogen-bond donors (Lipinski definition) is 2. The molecule has 182 valence electrons. The monoisotopic (exact) mass is 471 g/mol. The Bertz CT molecular complexity index is 1040. The van der Waals surface area contributed by atoms with Crippen LogP contribution in [0.2, 0.25) is 6.32 Å². The van der Waals surface area contributed by atoms with E-state index in [1.54, 1.807) is 12.1 Å². The van der Waals surface area contributed by atoms with Crippen molar-refractivity contribution in [1.29, 1.82) is 0 Å². The van der Waals surface area contributed by atoms with Gasteiger partial charge < -0.3 is 23.9 Å². The lowest BCUT2D eigenvalue weighted by molar-refractivity contribution is -0.137. The van der Waals surface area contributed by atoms with Crippen molar-refractivity contribution in [3.63, 3.8) is 0 Å². The van der Waals surface area contributed by atoms with E-state index in [2.05, 4.69) is 4.74 Å². The fourth-order valence-corrected chi connectivity index (χ4v) is 5.60. The second-order valence-electron chi connectivity index (χ2n) is 9.14. The summed E-state index contributed by atoms with van der Waals surface area (Å²) in [6.45, 7) is 3.81. The molecule has 1 aromatic rings. The van der Waals surface area contributed by atoms with E-state index in [1.165, 1.54) is 0 Å². The second kappa shape index (κ2) is 9.89. The first kappa shape index (κ1) is 24.4. The van der Waals surface area contributed by atoms with E-state index in [-0.39, 0.29) is 18.8 Å². The van der Waals surface area contributed by atoms with Crippen LogP contribution in [-0.4, -0.2) is 53.3 Å². The van der Waals surface area contributed by atoms with Gasteiger partial charge in [0.15, 0.2) is 0 Å². The van der Waals surface area contributed by atoms with Crippen LogP contribution in [0.4, 0.5) is 4.79 Å². The van der Waals surface area contributed by atoms with Gasteiger partial charge in [0, 0.05) is 0 Å². The maximum Gasteiger partial charge on any atom is 0.455 e. The fourth-order valence-electron chi connectivity index (χ4n) is 5.60. The molecule has 9 nitrogen and oxygen atoms in total. The molecule has 2 fully saturated rings. The number of ether oxygens (including phenoxy) is 1. The molecule has 0 bridgehead atoms. The van der Waals surface area contributed by atoms with Crippen LogP contribution in [-0.2, 0) is 25.6 Å². The van der Waals surface area contributed by atoms with Crippen molar-refractivity contribution in [3.05, 3.63) is 40.4 Å². The van der Waals surface area contributed by atoms with Crippen molar-refractivity contribution in [1.82, 2.24) is 4.90 Å². The van der Waals surface area contributed by atoms with Crippen LogP contribution in [0.3, 0.4) is 0 Å². The van der Waals surface area contributed by atoms with E-state index in [0.717, 1.165) is 23.8 Å². The van der Waals surface area contributed by atoms with Gasteiger partial charge in [-0.05, 0) is 68.6 Å². The Hall–Kier alpha value is -2.69. The molecule has 0 saturated carbocycles. The number of carbonyl (C=O) groups is 3. The molecule has 3 aliphatic rings. The van der Waals surface area contributed by atoms with Gasteiger partial charge in [-0.1, -0.05) is 18.1 Å². The lowest BCUT2D eigenvalue weighted by atomic mass is 9.58. The smallest absolute Gasteiger partial charge is 0.455 e. The first-order valence-electron chi connectivity index (χ1n) is 11.7. The van der Waals surface area contributed by atoms with E-state index in [9.17, 15) is 19.4 Å². The zero-order valence-corrected chi connectivity index (χ0v) is 19.7. The number of fused-ring (bicyclic) bond motifs is 3. The molecule has 2 aliphatic heterocycles. The summed E-state index contributed by atoms with van der Waals surface area (Å²) >= 11 is 0. The first-order valence-corrected chi connectivity index (χ1v) is 11.7. The summed E-state index contributed by atoms with van der Waals surface area (Å²) in [6.07, 6.45) is 3.08. The number of methoxy groups -OCH3 is 1. The maximum absolute atomic E-state index is 13.1. The molecule has 4 rings (SSSR count). The van der Waals surface area contributed by atoms with Gasteiger partial charge in [-0.25, -0.2) is 4.79 Å². The minimum absolute atomic E-state index is 0.160. The van der Waals surface area contributed by atoms with Gasteiger partial charge in [0.1, 0.15) is 18.1 Å². The van der Waals surface area contributed by atoms with Crippen molar-refractivity contribution < 1.29 is 38.3 Å². The van der Waals surface area contributed by atoms with E-state index in [1.807, 2.05) is 19.9 Å². The summed E-state index contributed by atoms with van der Waals surface area (Å²) < 4.78 is 16.1. The average molecular weight is 471 g/mol. The molecular weight excluding hydrogens is 441 g/mol. The third-order valence-corrected chi connectivity index (χ3v) is 7.12. The fraction of sp³-hybridized carbons (Fsp3) is 0.542. The predicted molar refractivity (Wildman–Crippen MR) is 122 cm³/mol. The number of aliphatic hydroxyl groups is 1. The normalized spacial score (nSPS) is 27.3. The minimum atomic E-state index is -1.06. The van der Waals surface area contributed by atoms with Crippen molar-refractivity contribution >= 4 is 31.1 Å². The molecule has 0 unspecified atom stereocenters. The van der Waals surface area contributed by atoms with Crippen LogP contribution < -0.4 is 0 Å². The summed E-state index contributed by atoms with van der Waals surface area (Å²) in [5.41, 5.74) is 3.07. The highest BCUT2D eigenvalue weighted by Crippen LogP contribution is 2.51. The summed E-state index contributed by atoms with van der Waals surface area (Å²) in [6, 6.07) is 3.51. The van der Waals surface area contributed by atoms with Crippen molar-refractivity contribution in [3.8, 4) is 0 Å². The molecule has 4 atom stereocenters. The highest BCUT2D eigenvalue weighted by Gasteiger charge is 2.58. The third-order valence-electron chi connectivity index (χ3n) is 7.12. The Balaban J connectivity index is 1.58. The summed E-state index contributed by atoms with van der Waals surface area (Å²) in [7, 11) is 0.0795. The van der Waals surface area contributed by atoms with Crippen LogP contribution in [0.25, 0.3) is 6.08 Å². The molecule has 0 radical (unpaired) electrons. The van der Waals surface area contributed by atoms with Crippen LogP contribution >= 0.6 is 0 Å². The molecular formula is C24H30BNO8. The number of rotatable bonds is 6. The summed E-state index contributed by atoms with van der Waals surface area (Å²) in [5.74, 6) is -1.63. The molecule has 10 heteroatoms. The minimum Gasteiger partial charge on any atom is -0.459 e. The largest absolute Gasteiger partial charge is 0.459 e. The second-order valence-corrected chi connectivity index (χ2v) is 9.14. The number of allylic oxidation sites excluding steroid dienone is 2. The molecule has 0 spiro atoms. The Morgan fingerprint density at radius 3 is 2.71 bits per heavy atom. The average Bonchev–Trinajstić information content (AvgIpc) is 3.37. The summed E-state index contributed by atoms with van der Waals surface area (Å²) in [5, 5.41) is 19.7. The van der Waals surface area contributed by atoms with Gasteiger partial charge in [-0.15, -0.1) is 0 Å². The van der Waals surface area contributed by atoms with E-state index in [4.69, 9.17) is 14.2 Å². The van der Waals surface area contributed by atoms with E-state index >= 15 is 0 Å². The summed E-state index contributed by atoms with van der Waals surface area (Å²) in [4.78, 5) is 38.8. The number of aliphatic hydroxyl groups excluding tert-OH is 1. The van der Waals surface area contributed by atoms with Crippen LogP contribution in [0.1, 0.15) is 51.1 Å². The molecule has 2 N–H and O–H groups in total. The maximum atomic E-state index is 13.1. The van der Waals surface area contributed by atoms with Gasteiger partial charge in [-0.2, -0.15) is 4.90 Å². The number of hydrogen-bond acceptors (Lipinski definition) is 8. The SMILES string of the molecule is CCC1=C2[C@@H](CC/C(C)=C/c3ccc(CO)o3)OB(O)C[C@@H]2[C@@H]2C(=O)N(C(=O)OC)C(=O)[C@@H]2C1. The van der Waals surface area contributed by atoms with Gasteiger partial charge in [-0.3, -0.25) is 9.59 Å². The first-order chi connectivity index (χ1) is 16.3. The van der Waals surface area contributed by atoms with Crippen LogP contribution in [0.5, 0.6) is 0 Å². The number of furan rings is 1. The van der Waals surface area contributed by atoms with Crippen molar-refractivity contribution in [2.75, 3.05) is 7.11 Å². The zero-order chi connectivity index (χ0) is 24.6. The quantitative estimate of drug-likeness (QED) is 0.369. The van der Waals surface area contributed by atoms with E-state index < -0.39 is 43.0 Å². The van der Waals surface area contributed by atoms with E-state index in [0.29, 0.717) is 42.1 Å². The molecule has 3 amide bonds. The van der Waals surface area contributed by atoms with Gasteiger partial charge in [0.05, 0.1) is 25.0 Å². The van der Waals surface area contributed by atoms with Crippen molar-refractivity contribution in [2.45, 2.75) is 58.6 Å². The zero-order valence-electron chi connectivity index (χ0n) is 19.7.